The molecule has 1 aromatic heterocycles. The van der Waals surface area contributed by atoms with Crippen LogP contribution in [0.2, 0.25) is 0 Å². The highest BCUT2D eigenvalue weighted by atomic mass is 16.6. The molecule has 2 amide bonds. The van der Waals surface area contributed by atoms with Gasteiger partial charge in [0.15, 0.2) is 0 Å². The number of nitrogens with one attached hydrogen (secondary N) is 1. The number of rotatable bonds is 4. The highest BCUT2D eigenvalue weighted by Crippen LogP contribution is 2.47. The van der Waals surface area contributed by atoms with Gasteiger partial charge in [-0.05, 0) is 58.6 Å². The molecule has 1 aliphatic heterocycles. The largest absolute Gasteiger partial charge is 0.469 e. The monoisotopic (exact) mass is 348 g/mol. The van der Waals surface area contributed by atoms with E-state index >= 15 is 0 Å². The van der Waals surface area contributed by atoms with E-state index in [1.165, 1.54) is 0 Å². The van der Waals surface area contributed by atoms with E-state index in [9.17, 15) is 9.59 Å². The first-order valence-corrected chi connectivity index (χ1v) is 9.16. The van der Waals surface area contributed by atoms with Crippen LogP contribution in [0.3, 0.4) is 0 Å². The topological polar surface area (TPSA) is 71.8 Å². The average Bonchev–Trinajstić information content (AvgIpc) is 3.16. The van der Waals surface area contributed by atoms with Crippen molar-refractivity contribution < 1.29 is 18.7 Å². The molecule has 25 heavy (non-hydrogen) atoms. The van der Waals surface area contributed by atoms with E-state index in [1.54, 1.807) is 11.2 Å². The number of ether oxygens (including phenoxy) is 1. The molecule has 2 heterocycles. The second kappa shape index (κ2) is 7.10. The van der Waals surface area contributed by atoms with Gasteiger partial charge in [-0.25, -0.2) is 4.79 Å². The van der Waals surface area contributed by atoms with Crippen molar-refractivity contribution in [3.8, 4) is 0 Å². The number of nitrogens with zero attached hydrogens (tertiary/aromatic N) is 1. The molecule has 0 radical (unpaired) electrons. The Hall–Kier alpha value is -1.98. The Morgan fingerprint density at radius 1 is 1.36 bits per heavy atom. The number of amides is 2. The average molecular weight is 348 g/mol. The number of hydrogen-bond acceptors (Lipinski definition) is 4. The Morgan fingerprint density at radius 2 is 2.16 bits per heavy atom. The highest BCUT2D eigenvalue weighted by Gasteiger charge is 2.46. The normalized spacial score (nSPS) is 26.2. The Morgan fingerprint density at radius 3 is 2.84 bits per heavy atom. The van der Waals surface area contributed by atoms with Gasteiger partial charge in [0, 0.05) is 24.9 Å². The fourth-order valence-electron chi connectivity index (χ4n) is 3.42. The second-order valence-electron chi connectivity index (χ2n) is 8.03. The fraction of sp³-hybridized carbons (Fsp3) is 0.684. The third-order valence-corrected chi connectivity index (χ3v) is 4.80. The zero-order valence-electron chi connectivity index (χ0n) is 15.3. The van der Waals surface area contributed by atoms with Gasteiger partial charge in [-0.1, -0.05) is 0 Å². The number of hydrogen-bond donors (Lipinski definition) is 1. The van der Waals surface area contributed by atoms with Crippen LogP contribution in [0.15, 0.2) is 22.8 Å². The molecule has 3 atom stereocenters. The van der Waals surface area contributed by atoms with E-state index in [1.807, 2.05) is 32.9 Å². The lowest BCUT2D eigenvalue weighted by molar-refractivity contribution is -0.122. The smallest absolute Gasteiger partial charge is 0.410 e. The molecule has 6 heteroatoms. The Bertz CT molecular complexity index is 605. The van der Waals surface area contributed by atoms with Crippen LogP contribution in [0.5, 0.6) is 0 Å². The highest BCUT2D eigenvalue weighted by molar-refractivity contribution is 5.82. The third kappa shape index (κ3) is 4.55. The minimum absolute atomic E-state index is 0.00774. The molecule has 1 aromatic rings. The Balaban J connectivity index is 1.50. The standard InChI is InChI=1S/C19H28N2O4/c1-19(2,3)25-18(23)21-9-5-4-7-13(21)12-20-17(22)15-11-14(15)16-8-6-10-24-16/h6,8,10,13-15H,4-5,7,9,11-12H2,1-3H3,(H,20,22). The summed E-state index contributed by atoms with van der Waals surface area (Å²) >= 11 is 0. The van der Waals surface area contributed by atoms with Crippen molar-refractivity contribution >= 4 is 12.0 Å². The third-order valence-electron chi connectivity index (χ3n) is 4.80. The van der Waals surface area contributed by atoms with Crippen molar-refractivity contribution in [1.29, 1.82) is 0 Å². The van der Waals surface area contributed by atoms with E-state index in [4.69, 9.17) is 9.15 Å². The lowest BCUT2D eigenvalue weighted by Gasteiger charge is -2.36. The summed E-state index contributed by atoms with van der Waals surface area (Å²) in [5.74, 6) is 1.12. The second-order valence-corrected chi connectivity index (χ2v) is 8.03. The van der Waals surface area contributed by atoms with Crippen LogP contribution < -0.4 is 5.32 Å². The SMILES string of the molecule is CC(C)(C)OC(=O)N1CCCCC1CNC(=O)C1CC1c1ccco1. The minimum atomic E-state index is -0.507. The van der Waals surface area contributed by atoms with Crippen molar-refractivity contribution in [3.05, 3.63) is 24.2 Å². The van der Waals surface area contributed by atoms with Gasteiger partial charge < -0.3 is 19.4 Å². The maximum absolute atomic E-state index is 12.4. The van der Waals surface area contributed by atoms with Crippen LogP contribution in [0, 0.1) is 5.92 Å². The molecule has 3 unspecified atom stereocenters. The Labute approximate surface area is 148 Å². The quantitative estimate of drug-likeness (QED) is 0.906. The van der Waals surface area contributed by atoms with Crippen LogP contribution in [0.1, 0.15) is 58.1 Å². The summed E-state index contributed by atoms with van der Waals surface area (Å²) < 4.78 is 10.9. The van der Waals surface area contributed by atoms with Crippen LogP contribution in [0.25, 0.3) is 0 Å². The van der Waals surface area contributed by atoms with Gasteiger partial charge in [0.2, 0.25) is 5.91 Å². The van der Waals surface area contributed by atoms with Crippen LogP contribution in [0.4, 0.5) is 4.79 Å². The predicted molar refractivity (Wildman–Crippen MR) is 93.1 cm³/mol. The van der Waals surface area contributed by atoms with E-state index in [-0.39, 0.29) is 29.9 Å². The summed E-state index contributed by atoms with van der Waals surface area (Å²) in [6.45, 7) is 6.78. The summed E-state index contributed by atoms with van der Waals surface area (Å²) in [7, 11) is 0. The van der Waals surface area contributed by atoms with E-state index in [0.717, 1.165) is 31.4 Å². The summed E-state index contributed by atoms with van der Waals surface area (Å²) in [6, 6.07) is 3.78. The first kappa shape index (κ1) is 17.8. The first-order chi connectivity index (χ1) is 11.8. The Kier molecular flexibility index (Phi) is 5.06. The van der Waals surface area contributed by atoms with E-state index in [0.29, 0.717) is 13.1 Å². The molecule has 1 N–H and O–H groups in total. The summed E-state index contributed by atoms with van der Waals surface area (Å²) in [5, 5.41) is 3.02. The molecule has 3 rings (SSSR count). The van der Waals surface area contributed by atoms with Gasteiger partial charge >= 0.3 is 6.09 Å². The molecule has 6 nitrogen and oxygen atoms in total. The molecule has 2 fully saturated rings. The van der Waals surface area contributed by atoms with Crippen LogP contribution in [-0.4, -0.2) is 41.6 Å². The number of carbonyl (C=O) groups excluding carboxylic acids is 2. The number of furan rings is 1. The van der Waals surface area contributed by atoms with Gasteiger partial charge in [-0.2, -0.15) is 0 Å². The first-order valence-electron chi connectivity index (χ1n) is 9.16. The molecular formula is C19H28N2O4. The van der Waals surface area contributed by atoms with Gasteiger partial charge in [0.1, 0.15) is 11.4 Å². The molecule has 138 valence electrons. The zero-order chi connectivity index (χ0) is 18.0. The van der Waals surface area contributed by atoms with Gasteiger partial charge in [-0.15, -0.1) is 0 Å². The lowest BCUT2D eigenvalue weighted by Crippen LogP contribution is -2.51. The van der Waals surface area contributed by atoms with Crippen molar-refractivity contribution in [2.24, 2.45) is 5.92 Å². The maximum atomic E-state index is 12.4. The van der Waals surface area contributed by atoms with Crippen molar-refractivity contribution in [3.63, 3.8) is 0 Å². The molecule has 0 aromatic carbocycles. The molecule has 1 aliphatic carbocycles. The molecule has 2 aliphatic rings. The summed E-state index contributed by atoms with van der Waals surface area (Å²) in [5.41, 5.74) is -0.507. The molecular weight excluding hydrogens is 320 g/mol. The maximum Gasteiger partial charge on any atom is 0.410 e. The van der Waals surface area contributed by atoms with Crippen molar-refractivity contribution in [1.82, 2.24) is 10.2 Å². The molecule has 0 bridgehead atoms. The van der Waals surface area contributed by atoms with Gasteiger partial charge in [0.05, 0.1) is 12.3 Å². The number of piperidine rings is 1. The summed E-state index contributed by atoms with van der Waals surface area (Å²) in [4.78, 5) is 26.5. The minimum Gasteiger partial charge on any atom is -0.469 e. The number of likely N-dealkylation sites (tertiary alicyclic amines) is 1. The van der Waals surface area contributed by atoms with Crippen LogP contribution >= 0.6 is 0 Å². The van der Waals surface area contributed by atoms with Crippen molar-refractivity contribution in [2.45, 2.75) is 64.0 Å². The zero-order valence-corrected chi connectivity index (χ0v) is 15.3. The lowest BCUT2D eigenvalue weighted by atomic mass is 10.0. The molecule has 1 saturated heterocycles. The molecule has 0 spiro atoms. The summed E-state index contributed by atoms with van der Waals surface area (Å²) in [6.07, 6.45) is 5.13. The fourth-order valence-corrected chi connectivity index (χ4v) is 3.42. The van der Waals surface area contributed by atoms with E-state index < -0.39 is 5.60 Å². The van der Waals surface area contributed by atoms with E-state index in [2.05, 4.69) is 5.32 Å². The van der Waals surface area contributed by atoms with Crippen molar-refractivity contribution in [2.75, 3.05) is 13.1 Å². The predicted octanol–water partition coefficient (Wildman–Crippen LogP) is 3.29. The number of carbonyl (C=O) groups is 2. The van der Waals surface area contributed by atoms with Gasteiger partial charge in [0.25, 0.3) is 0 Å². The molecule has 1 saturated carbocycles. The van der Waals surface area contributed by atoms with Crippen LogP contribution in [-0.2, 0) is 9.53 Å². The van der Waals surface area contributed by atoms with Gasteiger partial charge in [-0.3, -0.25) is 4.79 Å².